The monoisotopic (exact) mass is 233 g/mol. The van der Waals surface area contributed by atoms with Crippen LogP contribution < -0.4 is 0 Å². The van der Waals surface area contributed by atoms with Gasteiger partial charge in [-0.15, -0.1) is 0 Å². The van der Waals surface area contributed by atoms with E-state index in [1.54, 1.807) is 0 Å². The van der Waals surface area contributed by atoms with Crippen molar-refractivity contribution in [2.24, 2.45) is 0 Å². The van der Waals surface area contributed by atoms with Crippen molar-refractivity contribution in [1.82, 2.24) is 4.90 Å². The summed E-state index contributed by atoms with van der Waals surface area (Å²) < 4.78 is 0. The van der Waals surface area contributed by atoms with Crippen LogP contribution in [-0.2, 0) is 4.79 Å². The van der Waals surface area contributed by atoms with E-state index in [2.05, 4.69) is 25.1 Å². The van der Waals surface area contributed by atoms with Crippen molar-refractivity contribution in [2.75, 3.05) is 13.6 Å². The van der Waals surface area contributed by atoms with Crippen molar-refractivity contribution in [3.63, 3.8) is 0 Å². The lowest BCUT2D eigenvalue weighted by Crippen LogP contribution is -2.32. The lowest BCUT2D eigenvalue weighted by molar-refractivity contribution is -0.138. The number of rotatable bonds is 3. The molecule has 2 rings (SSSR count). The first-order chi connectivity index (χ1) is 8.09. The smallest absolute Gasteiger partial charge is 0.317 e. The molecular weight excluding hydrogens is 214 g/mol. The van der Waals surface area contributed by atoms with E-state index in [1.807, 2.05) is 18.0 Å². The molecule has 1 aromatic carbocycles. The number of aliphatic carboxylic acids is 1. The van der Waals surface area contributed by atoms with Gasteiger partial charge in [-0.2, -0.15) is 0 Å². The number of nitrogens with zero attached hydrogens (tertiary/aromatic N) is 1. The normalized spacial score (nSPS) is 23.5. The third kappa shape index (κ3) is 2.50. The third-order valence-electron chi connectivity index (χ3n) is 3.68. The summed E-state index contributed by atoms with van der Waals surface area (Å²) in [5.74, 6) is -0.177. The van der Waals surface area contributed by atoms with Gasteiger partial charge in [-0.1, -0.05) is 31.2 Å². The van der Waals surface area contributed by atoms with Gasteiger partial charge in [0, 0.05) is 6.04 Å². The maximum absolute atomic E-state index is 10.8. The van der Waals surface area contributed by atoms with Crippen LogP contribution in [0.5, 0.6) is 0 Å². The Bertz CT molecular complexity index is 416. The highest BCUT2D eigenvalue weighted by atomic mass is 16.4. The van der Waals surface area contributed by atoms with Crippen molar-refractivity contribution in [3.8, 4) is 0 Å². The number of hydrogen-bond donors (Lipinski definition) is 1. The van der Waals surface area contributed by atoms with Crippen molar-refractivity contribution >= 4 is 5.97 Å². The second-order valence-electron chi connectivity index (χ2n) is 4.93. The first-order valence-electron chi connectivity index (χ1n) is 6.10. The molecule has 0 saturated heterocycles. The number of fused-ring (bicyclic) bond motifs is 1. The summed E-state index contributed by atoms with van der Waals surface area (Å²) in [6.07, 6.45) is 2.17. The number of hydrogen-bond acceptors (Lipinski definition) is 2. The van der Waals surface area contributed by atoms with Gasteiger partial charge in [0.1, 0.15) is 0 Å². The fourth-order valence-electron chi connectivity index (χ4n) is 2.76. The molecule has 3 nitrogen and oxygen atoms in total. The molecule has 1 aliphatic carbocycles. The molecule has 1 aliphatic rings. The predicted octanol–water partition coefficient (Wildman–Crippen LogP) is 2.64. The molecule has 0 saturated carbocycles. The largest absolute Gasteiger partial charge is 0.480 e. The molecule has 2 atom stereocenters. The van der Waals surface area contributed by atoms with Gasteiger partial charge in [0.25, 0.3) is 0 Å². The minimum atomic E-state index is -0.761. The molecule has 0 spiro atoms. The first kappa shape index (κ1) is 12.1. The number of carbonyl (C=O) groups is 1. The van der Waals surface area contributed by atoms with E-state index in [4.69, 9.17) is 5.11 Å². The zero-order valence-corrected chi connectivity index (χ0v) is 10.4. The Morgan fingerprint density at radius 3 is 2.65 bits per heavy atom. The highest BCUT2D eigenvalue weighted by Crippen LogP contribution is 2.39. The summed E-state index contributed by atoms with van der Waals surface area (Å²) in [5, 5.41) is 8.87. The van der Waals surface area contributed by atoms with Crippen LogP contribution in [0.1, 0.15) is 42.9 Å². The molecular formula is C14H19NO2. The number of carboxylic acid groups (broad SMARTS) is 1. The molecule has 0 aromatic heterocycles. The molecule has 0 heterocycles. The third-order valence-corrected chi connectivity index (χ3v) is 3.68. The van der Waals surface area contributed by atoms with Crippen LogP contribution in [0.25, 0.3) is 0 Å². The first-order valence-corrected chi connectivity index (χ1v) is 6.10. The minimum Gasteiger partial charge on any atom is -0.480 e. The summed E-state index contributed by atoms with van der Waals surface area (Å²) in [7, 11) is 1.89. The van der Waals surface area contributed by atoms with Crippen LogP contribution in [0.15, 0.2) is 24.3 Å². The van der Waals surface area contributed by atoms with E-state index in [1.165, 1.54) is 11.1 Å². The SMILES string of the molecule is CC1CCC(N(C)CC(=O)O)c2ccccc21. The molecule has 1 N–H and O–H groups in total. The Morgan fingerprint density at radius 1 is 1.35 bits per heavy atom. The molecule has 3 heteroatoms. The predicted molar refractivity (Wildman–Crippen MR) is 67.1 cm³/mol. The van der Waals surface area contributed by atoms with Gasteiger partial charge in [-0.25, -0.2) is 0 Å². The van der Waals surface area contributed by atoms with Crippen LogP contribution in [0.3, 0.4) is 0 Å². The Morgan fingerprint density at radius 2 is 2.00 bits per heavy atom. The van der Waals surface area contributed by atoms with Crippen LogP contribution in [-0.4, -0.2) is 29.6 Å². The van der Waals surface area contributed by atoms with E-state index in [-0.39, 0.29) is 12.6 Å². The molecule has 0 bridgehead atoms. The highest BCUT2D eigenvalue weighted by molar-refractivity contribution is 5.69. The maximum atomic E-state index is 10.8. The zero-order valence-electron chi connectivity index (χ0n) is 10.4. The van der Waals surface area contributed by atoms with E-state index in [9.17, 15) is 4.79 Å². The maximum Gasteiger partial charge on any atom is 0.317 e. The standard InChI is InChI=1S/C14H19NO2/c1-10-7-8-13(15(2)9-14(16)17)12-6-4-3-5-11(10)12/h3-6,10,13H,7-9H2,1-2H3,(H,16,17). The van der Waals surface area contributed by atoms with Gasteiger partial charge in [0.05, 0.1) is 6.54 Å². The van der Waals surface area contributed by atoms with Crippen molar-refractivity contribution in [2.45, 2.75) is 31.7 Å². The average molecular weight is 233 g/mol. The van der Waals surface area contributed by atoms with Crippen molar-refractivity contribution in [1.29, 1.82) is 0 Å². The number of likely N-dealkylation sites (N-methyl/N-ethyl adjacent to an activating group) is 1. The Kier molecular flexibility index (Phi) is 3.48. The Hall–Kier alpha value is -1.35. The second-order valence-corrected chi connectivity index (χ2v) is 4.93. The molecule has 2 unspecified atom stereocenters. The summed E-state index contributed by atoms with van der Waals surface area (Å²) in [6, 6.07) is 8.65. The van der Waals surface area contributed by atoms with Crippen LogP contribution >= 0.6 is 0 Å². The number of carboxylic acids is 1. The Labute approximate surface area is 102 Å². The average Bonchev–Trinajstić information content (AvgIpc) is 2.29. The lowest BCUT2D eigenvalue weighted by Gasteiger charge is -2.35. The summed E-state index contributed by atoms with van der Waals surface area (Å²) in [4.78, 5) is 12.7. The molecule has 1 aromatic rings. The fraction of sp³-hybridized carbons (Fsp3) is 0.500. The van der Waals surface area contributed by atoms with Gasteiger partial charge >= 0.3 is 5.97 Å². The van der Waals surface area contributed by atoms with Crippen LogP contribution in [0, 0.1) is 0 Å². The quantitative estimate of drug-likeness (QED) is 0.872. The summed E-state index contributed by atoms with van der Waals surface area (Å²) in [6.45, 7) is 2.35. The van der Waals surface area contributed by atoms with Gasteiger partial charge in [0.2, 0.25) is 0 Å². The minimum absolute atomic E-state index is 0.105. The molecule has 0 amide bonds. The lowest BCUT2D eigenvalue weighted by atomic mass is 9.80. The molecule has 92 valence electrons. The van der Waals surface area contributed by atoms with E-state index in [0.717, 1.165) is 12.8 Å². The van der Waals surface area contributed by atoms with E-state index >= 15 is 0 Å². The van der Waals surface area contributed by atoms with E-state index in [0.29, 0.717) is 5.92 Å². The number of benzene rings is 1. The second kappa shape index (κ2) is 4.88. The molecule has 0 radical (unpaired) electrons. The van der Waals surface area contributed by atoms with Crippen molar-refractivity contribution < 1.29 is 9.90 Å². The van der Waals surface area contributed by atoms with Gasteiger partial charge in [0.15, 0.2) is 0 Å². The highest BCUT2D eigenvalue weighted by Gasteiger charge is 2.27. The fourth-order valence-corrected chi connectivity index (χ4v) is 2.76. The van der Waals surface area contributed by atoms with Crippen molar-refractivity contribution in [3.05, 3.63) is 35.4 Å². The topological polar surface area (TPSA) is 40.5 Å². The Balaban J connectivity index is 2.26. The molecule has 0 fully saturated rings. The van der Waals surface area contributed by atoms with Gasteiger partial charge < -0.3 is 5.11 Å². The van der Waals surface area contributed by atoms with E-state index < -0.39 is 5.97 Å². The van der Waals surface area contributed by atoms with Gasteiger partial charge in [-0.05, 0) is 36.9 Å². The van der Waals surface area contributed by atoms with Crippen LogP contribution in [0.2, 0.25) is 0 Å². The van der Waals surface area contributed by atoms with Crippen LogP contribution in [0.4, 0.5) is 0 Å². The zero-order chi connectivity index (χ0) is 12.4. The summed E-state index contributed by atoms with van der Waals surface area (Å²) >= 11 is 0. The summed E-state index contributed by atoms with van der Waals surface area (Å²) in [5.41, 5.74) is 2.68. The molecule has 0 aliphatic heterocycles. The molecule has 17 heavy (non-hydrogen) atoms. The van der Waals surface area contributed by atoms with Gasteiger partial charge in [-0.3, -0.25) is 9.69 Å².